The van der Waals surface area contributed by atoms with Crippen molar-refractivity contribution in [1.82, 2.24) is 4.98 Å². The highest BCUT2D eigenvalue weighted by atomic mass is 16.4. The molecule has 0 aliphatic rings. The average Bonchev–Trinajstić information content (AvgIpc) is 2.28. The van der Waals surface area contributed by atoms with Gasteiger partial charge in [-0.25, -0.2) is 9.78 Å². The highest BCUT2D eigenvalue weighted by Gasteiger charge is 2.05. The molecule has 0 fully saturated rings. The lowest BCUT2D eigenvalue weighted by Crippen LogP contribution is -2.06. The minimum absolute atomic E-state index is 0.214. The molecule has 1 heterocycles. The van der Waals surface area contributed by atoms with E-state index in [4.69, 9.17) is 10.2 Å². The fourth-order valence-electron chi connectivity index (χ4n) is 1.51. The molecule has 1 aromatic rings. The van der Waals surface area contributed by atoms with E-state index in [1.54, 1.807) is 13.0 Å². The van der Waals surface area contributed by atoms with Gasteiger partial charge in [0.1, 0.15) is 5.82 Å². The molecule has 0 unspecified atom stereocenters. The molecule has 1 aromatic heterocycles. The lowest BCUT2D eigenvalue weighted by Gasteiger charge is -2.07. The van der Waals surface area contributed by atoms with Crippen LogP contribution in [0, 0.1) is 6.92 Å². The number of unbranched alkanes of at least 4 members (excludes halogenated alkanes) is 2. The van der Waals surface area contributed by atoms with Gasteiger partial charge in [-0.2, -0.15) is 0 Å². The number of aromatic nitrogens is 1. The summed E-state index contributed by atoms with van der Waals surface area (Å²) in [6, 6.07) is 3.07. The van der Waals surface area contributed by atoms with Gasteiger partial charge in [0.25, 0.3) is 0 Å². The third-order valence-electron chi connectivity index (χ3n) is 2.34. The maximum atomic E-state index is 10.8. The summed E-state index contributed by atoms with van der Waals surface area (Å²) >= 11 is 0. The molecule has 0 aromatic carbocycles. The monoisotopic (exact) mass is 238 g/mol. The SMILES string of the molecule is Cc1cc(C(=O)O)cc(NCCCCCO)n1. The Hall–Kier alpha value is -1.62. The van der Waals surface area contributed by atoms with Crippen LogP contribution >= 0.6 is 0 Å². The first-order valence-electron chi connectivity index (χ1n) is 5.70. The predicted octanol–water partition coefficient (Wildman–Crippen LogP) is 1.66. The van der Waals surface area contributed by atoms with Crippen LogP contribution in [-0.2, 0) is 0 Å². The fraction of sp³-hybridized carbons (Fsp3) is 0.500. The van der Waals surface area contributed by atoms with E-state index < -0.39 is 5.97 Å². The Morgan fingerprint density at radius 1 is 1.35 bits per heavy atom. The first-order valence-corrected chi connectivity index (χ1v) is 5.70. The summed E-state index contributed by atoms with van der Waals surface area (Å²) in [6.07, 6.45) is 2.67. The highest BCUT2D eigenvalue weighted by Crippen LogP contribution is 2.10. The number of aryl methyl sites for hydroxylation is 1. The number of nitrogens with one attached hydrogen (secondary N) is 1. The van der Waals surface area contributed by atoms with Gasteiger partial charge >= 0.3 is 5.97 Å². The van der Waals surface area contributed by atoms with Crippen molar-refractivity contribution in [1.29, 1.82) is 0 Å². The zero-order valence-corrected chi connectivity index (χ0v) is 9.94. The van der Waals surface area contributed by atoms with E-state index >= 15 is 0 Å². The van der Waals surface area contributed by atoms with E-state index in [-0.39, 0.29) is 12.2 Å². The van der Waals surface area contributed by atoms with Crippen LogP contribution in [0.1, 0.15) is 35.3 Å². The second kappa shape index (κ2) is 6.85. The molecule has 0 radical (unpaired) electrons. The van der Waals surface area contributed by atoms with Crippen LogP contribution in [0.2, 0.25) is 0 Å². The van der Waals surface area contributed by atoms with Crippen LogP contribution in [0.4, 0.5) is 5.82 Å². The number of carboxylic acid groups (broad SMARTS) is 1. The highest BCUT2D eigenvalue weighted by molar-refractivity contribution is 5.88. The summed E-state index contributed by atoms with van der Waals surface area (Å²) in [5.41, 5.74) is 0.929. The van der Waals surface area contributed by atoms with Crippen molar-refractivity contribution in [2.45, 2.75) is 26.2 Å². The maximum absolute atomic E-state index is 10.8. The molecular weight excluding hydrogens is 220 g/mol. The lowest BCUT2D eigenvalue weighted by atomic mass is 10.2. The summed E-state index contributed by atoms with van der Waals surface area (Å²) in [5.74, 6) is -0.356. The number of hydrogen-bond donors (Lipinski definition) is 3. The molecule has 5 nitrogen and oxygen atoms in total. The van der Waals surface area contributed by atoms with Crippen LogP contribution in [0.5, 0.6) is 0 Å². The van der Waals surface area contributed by atoms with Crippen LogP contribution in [0.15, 0.2) is 12.1 Å². The molecule has 0 saturated carbocycles. The standard InChI is InChI=1S/C12H18N2O3/c1-9-7-10(12(16)17)8-11(14-9)13-5-3-2-4-6-15/h7-8,15H,2-6H2,1H3,(H,13,14)(H,16,17). The van der Waals surface area contributed by atoms with Gasteiger partial charge in [0, 0.05) is 18.8 Å². The number of aliphatic hydroxyl groups is 1. The Labute approximate surface area is 101 Å². The lowest BCUT2D eigenvalue weighted by molar-refractivity contribution is 0.0696. The first kappa shape index (κ1) is 13.4. The zero-order valence-electron chi connectivity index (χ0n) is 9.94. The first-order chi connectivity index (χ1) is 8.13. The third kappa shape index (κ3) is 4.82. The van der Waals surface area contributed by atoms with Crippen molar-refractivity contribution in [2.24, 2.45) is 0 Å². The number of pyridine rings is 1. The molecule has 0 saturated heterocycles. The minimum Gasteiger partial charge on any atom is -0.478 e. The second-order valence-corrected chi connectivity index (χ2v) is 3.90. The molecule has 0 amide bonds. The van der Waals surface area contributed by atoms with Gasteiger partial charge in [-0.3, -0.25) is 0 Å². The number of carboxylic acids is 1. The summed E-state index contributed by atoms with van der Waals surface area (Å²) in [4.78, 5) is 15.0. The predicted molar refractivity (Wildman–Crippen MR) is 65.4 cm³/mol. The second-order valence-electron chi connectivity index (χ2n) is 3.90. The van der Waals surface area contributed by atoms with Gasteiger partial charge in [0.15, 0.2) is 0 Å². The molecule has 3 N–H and O–H groups in total. The quantitative estimate of drug-likeness (QED) is 0.629. The summed E-state index contributed by atoms with van der Waals surface area (Å²) in [6.45, 7) is 2.71. The largest absolute Gasteiger partial charge is 0.478 e. The summed E-state index contributed by atoms with van der Waals surface area (Å²) in [7, 11) is 0. The van der Waals surface area contributed by atoms with Gasteiger partial charge < -0.3 is 15.5 Å². The maximum Gasteiger partial charge on any atom is 0.335 e. The van der Waals surface area contributed by atoms with Gasteiger partial charge in [-0.15, -0.1) is 0 Å². The van der Waals surface area contributed by atoms with Gasteiger partial charge in [-0.05, 0) is 38.3 Å². The number of anilines is 1. The van der Waals surface area contributed by atoms with Crippen molar-refractivity contribution in [2.75, 3.05) is 18.5 Å². The molecular formula is C12H18N2O3. The fourth-order valence-corrected chi connectivity index (χ4v) is 1.51. The average molecular weight is 238 g/mol. The van der Waals surface area contributed by atoms with Crippen molar-refractivity contribution in [3.8, 4) is 0 Å². The van der Waals surface area contributed by atoms with Crippen molar-refractivity contribution in [3.05, 3.63) is 23.4 Å². The van der Waals surface area contributed by atoms with Crippen LogP contribution < -0.4 is 5.32 Å². The molecule has 5 heteroatoms. The number of hydrogen-bond acceptors (Lipinski definition) is 4. The molecule has 0 bridgehead atoms. The van der Waals surface area contributed by atoms with Crippen LogP contribution in [0.3, 0.4) is 0 Å². The molecule has 0 atom stereocenters. The number of carbonyl (C=O) groups is 1. The number of aliphatic hydroxyl groups excluding tert-OH is 1. The minimum atomic E-state index is -0.946. The molecule has 1 rings (SSSR count). The molecule has 0 aliphatic carbocycles. The van der Waals surface area contributed by atoms with Crippen molar-refractivity contribution in [3.63, 3.8) is 0 Å². The zero-order chi connectivity index (χ0) is 12.7. The number of nitrogens with zero attached hydrogens (tertiary/aromatic N) is 1. The van der Waals surface area contributed by atoms with E-state index in [1.165, 1.54) is 6.07 Å². The molecule has 94 valence electrons. The molecule has 0 aliphatic heterocycles. The van der Waals surface area contributed by atoms with Crippen molar-refractivity contribution < 1.29 is 15.0 Å². The summed E-state index contributed by atoms with van der Waals surface area (Å²) in [5, 5.41) is 20.6. The molecule has 17 heavy (non-hydrogen) atoms. The van der Waals surface area contributed by atoms with Gasteiger partial charge in [0.2, 0.25) is 0 Å². The van der Waals surface area contributed by atoms with Crippen LogP contribution in [0.25, 0.3) is 0 Å². The van der Waals surface area contributed by atoms with E-state index in [9.17, 15) is 4.79 Å². The molecule has 0 spiro atoms. The Morgan fingerprint density at radius 3 is 2.76 bits per heavy atom. The normalized spacial score (nSPS) is 10.2. The Balaban J connectivity index is 2.50. The Morgan fingerprint density at radius 2 is 2.12 bits per heavy atom. The number of rotatable bonds is 7. The van der Waals surface area contributed by atoms with E-state index in [0.29, 0.717) is 11.5 Å². The van der Waals surface area contributed by atoms with E-state index in [0.717, 1.165) is 25.8 Å². The number of aromatic carboxylic acids is 1. The van der Waals surface area contributed by atoms with Gasteiger partial charge in [-0.1, -0.05) is 0 Å². The summed E-state index contributed by atoms with van der Waals surface area (Å²) < 4.78 is 0. The topological polar surface area (TPSA) is 82.5 Å². The smallest absolute Gasteiger partial charge is 0.335 e. The van der Waals surface area contributed by atoms with E-state index in [2.05, 4.69) is 10.3 Å². The van der Waals surface area contributed by atoms with Gasteiger partial charge in [0.05, 0.1) is 5.56 Å². The Bertz CT molecular complexity index is 380. The van der Waals surface area contributed by atoms with Crippen LogP contribution in [-0.4, -0.2) is 34.3 Å². The third-order valence-corrected chi connectivity index (χ3v) is 2.34. The van der Waals surface area contributed by atoms with Crippen molar-refractivity contribution >= 4 is 11.8 Å². The van der Waals surface area contributed by atoms with E-state index in [1.807, 2.05) is 0 Å². The Kier molecular flexibility index (Phi) is 5.42.